The lowest BCUT2D eigenvalue weighted by atomic mass is 10.2. The highest BCUT2D eigenvalue weighted by Gasteiger charge is 2.20. The molecular weight excluding hydrogens is 383 g/mol. The van der Waals surface area contributed by atoms with Gasteiger partial charge in [0, 0.05) is 13.1 Å². The average molecular weight is 397 g/mol. The van der Waals surface area contributed by atoms with Crippen LogP contribution < -0.4 is 9.47 Å². The topological polar surface area (TPSA) is 97.0 Å². The lowest BCUT2D eigenvalue weighted by Crippen LogP contribution is -2.13. The molecule has 3 aromatic rings. The van der Waals surface area contributed by atoms with Crippen LogP contribution in [0.15, 0.2) is 24.5 Å². The summed E-state index contributed by atoms with van der Waals surface area (Å²) in [5.74, 6) is -0.142. The molecule has 0 aliphatic rings. The molecule has 0 saturated carbocycles. The van der Waals surface area contributed by atoms with Crippen LogP contribution in [0, 0.1) is 6.92 Å². The van der Waals surface area contributed by atoms with Gasteiger partial charge in [-0.3, -0.25) is 0 Å². The van der Waals surface area contributed by atoms with Gasteiger partial charge in [0.25, 0.3) is 0 Å². The summed E-state index contributed by atoms with van der Waals surface area (Å²) in [7, 11) is 1.67. The van der Waals surface area contributed by atoms with Gasteiger partial charge in [0.05, 0.1) is 27.8 Å². The van der Waals surface area contributed by atoms with Crippen LogP contribution in [0.2, 0.25) is 10.0 Å². The van der Waals surface area contributed by atoms with E-state index < -0.39 is 5.97 Å². The molecule has 2 aromatic heterocycles. The Kier molecular flexibility index (Phi) is 5.38. The number of carbonyl (C=O) groups excluding carboxylic acids is 1. The second-order valence-electron chi connectivity index (χ2n) is 5.30. The van der Waals surface area contributed by atoms with Gasteiger partial charge in [0.1, 0.15) is 12.9 Å². The van der Waals surface area contributed by atoms with Crippen molar-refractivity contribution in [3.05, 3.63) is 45.8 Å². The first-order valence-corrected chi connectivity index (χ1v) is 8.25. The van der Waals surface area contributed by atoms with E-state index in [0.29, 0.717) is 12.4 Å². The van der Waals surface area contributed by atoms with Crippen LogP contribution in [0.5, 0.6) is 11.6 Å². The fraction of sp³-hybridized carbons (Fsp3) is 0.267. The van der Waals surface area contributed by atoms with E-state index in [1.54, 1.807) is 20.0 Å². The SMILES string of the molecule is Cc1cc(OC(=O)c2ccc(Cl)c(OCCn3cnnn3)c2Cl)n(C)n1. The lowest BCUT2D eigenvalue weighted by molar-refractivity contribution is 0.0720. The molecule has 0 bridgehead atoms. The number of tetrazole rings is 1. The first-order valence-electron chi connectivity index (χ1n) is 7.50. The quantitative estimate of drug-likeness (QED) is 0.589. The Morgan fingerprint density at radius 1 is 1.31 bits per heavy atom. The average Bonchev–Trinajstić information content (AvgIpc) is 3.20. The van der Waals surface area contributed by atoms with Crippen LogP contribution in [0.4, 0.5) is 0 Å². The fourth-order valence-electron chi connectivity index (χ4n) is 2.18. The maximum atomic E-state index is 12.4. The van der Waals surface area contributed by atoms with Gasteiger partial charge >= 0.3 is 5.97 Å². The summed E-state index contributed by atoms with van der Waals surface area (Å²) in [5, 5.41) is 15.2. The first kappa shape index (κ1) is 18.2. The predicted octanol–water partition coefficient (Wildman–Crippen LogP) is 2.32. The van der Waals surface area contributed by atoms with Crippen molar-refractivity contribution in [2.45, 2.75) is 13.5 Å². The molecule has 0 aliphatic carbocycles. The largest absolute Gasteiger partial charge is 0.488 e. The molecular formula is C15H14Cl2N6O3. The number of hydrogen-bond donors (Lipinski definition) is 0. The molecule has 0 atom stereocenters. The first-order chi connectivity index (χ1) is 12.5. The van der Waals surface area contributed by atoms with E-state index in [0.717, 1.165) is 5.69 Å². The van der Waals surface area contributed by atoms with Gasteiger partial charge in [-0.05, 0) is 29.5 Å². The zero-order valence-corrected chi connectivity index (χ0v) is 15.4. The summed E-state index contributed by atoms with van der Waals surface area (Å²) in [6, 6.07) is 4.64. The summed E-state index contributed by atoms with van der Waals surface area (Å²) in [6.45, 7) is 2.40. The van der Waals surface area contributed by atoms with Crippen molar-refractivity contribution in [3.63, 3.8) is 0 Å². The van der Waals surface area contributed by atoms with Crippen molar-refractivity contribution in [3.8, 4) is 11.6 Å². The normalized spacial score (nSPS) is 10.8. The van der Waals surface area contributed by atoms with E-state index in [-0.39, 0.29) is 28.0 Å². The number of rotatable bonds is 6. The van der Waals surface area contributed by atoms with Gasteiger partial charge < -0.3 is 9.47 Å². The van der Waals surface area contributed by atoms with Crippen LogP contribution >= 0.6 is 23.2 Å². The molecule has 3 rings (SSSR count). The van der Waals surface area contributed by atoms with Crippen molar-refractivity contribution in [2.24, 2.45) is 7.05 Å². The van der Waals surface area contributed by atoms with E-state index in [1.165, 1.54) is 27.8 Å². The number of halogens is 2. The maximum absolute atomic E-state index is 12.4. The smallest absolute Gasteiger partial charge is 0.346 e. The highest BCUT2D eigenvalue weighted by atomic mass is 35.5. The van der Waals surface area contributed by atoms with Gasteiger partial charge in [-0.2, -0.15) is 5.10 Å². The lowest BCUT2D eigenvalue weighted by Gasteiger charge is -2.12. The molecule has 0 saturated heterocycles. The number of hydrogen-bond acceptors (Lipinski definition) is 7. The Hall–Kier alpha value is -2.65. The Morgan fingerprint density at radius 2 is 2.12 bits per heavy atom. The summed E-state index contributed by atoms with van der Waals surface area (Å²) in [6.07, 6.45) is 1.45. The van der Waals surface area contributed by atoms with Gasteiger partial charge in [-0.1, -0.05) is 23.2 Å². The monoisotopic (exact) mass is 396 g/mol. The summed E-state index contributed by atoms with van der Waals surface area (Å²) < 4.78 is 13.9. The van der Waals surface area contributed by atoms with E-state index in [9.17, 15) is 4.79 Å². The van der Waals surface area contributed by atoms with Gasteiger partial charge in [-0.25, -0.2) is 14.2 Å². The maximum Gasteiger partial charge on any atom is 0.346 e. The molecule has 0 radical (unpaired) electrons. The Balaban J connectivity index is 1.75. The van der Waals surface area contributed by atoms with E-state index in [2.05, 4.69) is 20.6 Å². The van der Waals surface area contributed by atoms with E-state index in [1.807, 2.05) is 0 Å². The predicted molar refractivity (Wildman–Crippen MR) is 92.7 cm³/mol. The Labute approximate surface area is 158 Å². The van der Waals surface area contributed by atoms with Crippen LogP contribution in [-0.2, 0) is 13.6 Å². The van der Waals surface area contributed by atoms with Crippen LogP contribution in [-0.4, -0.2) is 42.6 Å². The second-order valence-corrected chi connectivity index (χ2v) is 6.08. The van der Waals surface area contributed by atoms with Crippen molar-refractivity contribution >= 4 is 29.2 Å². The van der Waals surface area contributed by atoms with E-state index in [4.69, 9.17) is 32.7 Å². The van der Waals surface area contributed by atoms with E-state index >= 15 is 0 Å². The summed E-state index contributed by atoms with van der Waals surface area (Å²) in [4.78, 5) is 12.4. The van der Waals surface area contributed by atoms with Crippen LogP contribution in [0.25, 0.3) is 0 Å². The molecule has 11 heteroatoms. The molecule has 0 amide bonds. The van der Waals surface area contributed by atoms with Crippen molar-refractivity contribution in [1.29, 1.82) is 0 Å². The highest BCUT2D eigenvalue weighted by molar-refractivity contribution is 6.39. The zero-order valence-electron chi connectivity index (χ0n) is 13.9. The number of nitrogens with zero attached hydrogens (tertiary/aromatic N) is 6. The van der Waals surface area contributed by atoms with Crippen molar-refractivity contribution in [1.82, 2.24) is 30.0 Å². The molecule has 9 nitrogen and oxygen atoms in total. The number of esters is 1. The number of aromatic nitrogens is 6. The molecule has 0 unspecified atom stereocenters. The van der Waals surface area contributed by atoms with Crippen molar-refractivity contribution < 1.29 is 14.3 Å². The highest BCUT2D eigenvalue weighted by Crippen LogP contribution is 2.36. The molecule has 0 N–H and O–H groups in total. The minimum Gasteiger partial charge on any atom is -0.488 e. The molecule has 136 valence electrons. The third-order valence-electron chi connectivity index (χ3n) is 3.38. The third-order valence-corrected chi connectivity index (χ3v) is 4.06. The third kappa shape index (κ3) is 3.94. The number of ether oxygens (including phenoxy) is 2. The zero-order chi connectivity index (χ0) is 18.7. The van der Waals surface area contributed by atoms with Crippen LogP contribution in [0.1, 0.15) is 16.1 Å². The number of benzene rings is 1. The Bertz CT molecular complexity index is 926. The fourth-order valence-corrected chi connectivity index (χ4v) is 2.74. The molecule has 1 aromatic carbocycles. The molecule has 26 heavy (non-hydrogen) atoms. The summed E-state index contributed by atoms with van der Waals surface area (Å²) >= 11 is 12.4. The van der Waals surface area contributed by atoms with Crippen LogP contribution in [0.3, 0.4) is 0 Å². The standard InChI is InChI=1S/C15H14Cl2N6O3/c1-9-7-12(22(2)19-9)26-15(24)10-3-4-11(16)14(13(10)17)25-6-5-23-8-18-20-21-23/h3-4,7-8H,5-6H2,1-2H3. The second kappa shape index (κ2) is 7.71. The molecule has 2 heterocycles. The van der Waals surface area contributed by atoms with Crippen molar-refractivity contribution in [2.75, 3.05) is 6.61 Å². The Morgan fingerprint density at radius 3 is 2.77 bits per heavy atom. The van der Waals surface area contributed by atoms with Gasteiger partial charge in [0.2, 0.25) is 5.88 Å². The molecule has 0 fully saturated rings. The minimum absolute atomic E-state index is 0.0677. The van der Waals surface area contributed by atoms with Gasteiger partial charge in [-0.15, -0.1) is 5.10 Å². The molecule has 0 aliphatic heterocycles. The summed E-state index contributed by atoms with van der Waals surface area (Å²) in [5.41, 5.74) is 0.858. The number of carbonyl (C=O) groups is 1. The molecule has 0 spiro atoms. The minimum atomic E-state index is -0.639. The number of aryl methyl sites for hydroxylation is 2. The van der Waals surface area contributed by atoms with Gasteiger partial charge in [0.15, 0.2) is 5.75 Å².